The van der Waals surface area contributed by atoms with Gasteiger partial charge in [0.15, 0.2) is 5.78 Å². The number of aromatic nitrogens is 2. The highest BCUT2D eigenvalue weighted by Gasteiger charge is 2.09. The normalized spacial score (nSPS) is 10.2. The van der Waals surface area contributed by atoms with E-state index in [0.29, 0.717) is 5.56 Å². The molecule has 0 saturated heterocycles. The monoisotopic (exact) mass is 308 g/mol. The number of carbonyl (C=O) groups excluding carboxylic acids is 1. The Kier molecular flexibility index (Phi) is 3.91. The van der Waals surface area contributed by atoms with E-state index >= 15 is 0 Å². The molecule has 1 heterocycles. The third-order valence-corrected chi connectivity index (χ3v) is 3.59. The Hall–Kier alpha value is -1.20. The lowest BCUT2D eigenvalue weighted by Gasteiger charge is -2.06. The van der Waals surface area contributed by atoms with Gasteiger partial charge in [0.1, 0.15) is 11.4 Å². The zero-order valence-electron chi connectivity index (χ0n) is 9.05. The van der Waals surface area contributed by atoms with Crippen molar-refractivity contribution in [3.8, 4) is 0 Å². The van der Waals surface area contributed by atoms with Crippen molar-refractivity contribution >= 4 is 33.5 Å². The summed E-state index contributed by atoms with van der Waals surface area (Å²) in [4.78, 5) is 20.4. The first-order valence-corrected chi connectivity index (χ1v) is 6.52. The van der Waals surface area contributed by atoms with Gasteiger partial charge in [-0.25, -0.2) is 9.97 Å². The standard InChI is InChI=1S/C12H9BrN2OS/c1-8(16)10-3-2-9(13)6-11(10)17-12-4-5-14-7-15-12/h2-7H,1H3. The number of benzene rings is 1. The average molecular weight is 309 g/mol. The minimum Gasteiger partial charge on any atom is -0.294 e. The molecule has 0 aliphatic heterocycles. The Morgan fingerprint density at radius 3 is 2.82 bits per heavy atom. The Bertz CT molecular complexity index is 545. The summed E-state index contributed by atoms with van der Waals surface area (Å²) in [5.41, 5.74) is 0.705. The lowest BCUT2D eigenvalue weighted by atomic mass is 10.1. The molecule has 0 spiro atoms. The van der Waals surface area contributed by atoms with Crippen molar-refractivity contribution in [1.29, 1.82) is 0 Å². The van der Waals surface area contributed by atoms with E-state index in [0.717, 1.165) is 14.4 Å². The first-order valence-electron chi connectivity index (χ1n) is 4.91. The van der Waals surface area contributed by atoms with Crippen LogP contribution >= 0.6 is 27.7 Å². The molecule has 0 radical (unpaired) electrons. The van der Waals surface area contributed by atoms with Crippen LogP contribution in [0, 0.1) is 0 Å². The van der Waals surface area contributed by atoms with Gasteiger partial charge in [0.25, 0.3) is 0 Å². The van der Waals surface area contributed by atoms with Gasteiger partial charge in [0.2, 0.25) is 0 Å². The van der Waals surface area contributed by atoms with Crippen LogP contribution in [0.25, 0.3) is 0 Å². The van der Waals surface area contributed by atoms with Crippen molar-refractivity contribution in [2.45, 2.75) is 16.8 Å². The van der Waals surface area contributed by atoms with Crippen molar-refractivity contribution in [2.24, 2.45) is 0 Å². The molecule has 0 unspecified atom stereocenters. The van der Waals surface area contributed by atoms with E-state index in [2.05, 4.69) is 25.9 Å². The van der Waals surface area contributed by atoms with Crippen LogP contribution in [0.4, 0.5) is 0 Å². The lowest BCUT2D eigenvalue weighted by molar-refractivity contribution is 0.101. The predicted octanol–water partition coefficient (Wildman–Crippen LogP) is 3.59. The number of nitrogens with zero attached hydrogens (tertiary/aromatic N) is 2. The van der Waals surface area contributed by atoms with Crippen LogP contribution in [0.15, 0.2) is 51.2 Å². The number of ketones is 1. The molecule has 0 fully saturated rings. The quantitative estimate of drug-likeness (QED) is 0.642. The summed E-state index contributed by atoms with van der Waals surface area (Å²) >= 11 is 4.86. The summed E-state index contributed by atoms with van der Waals surface area (Å²) in [6.07, 6.45) is 3.18. The zero-order valence-corrected chi connectivity index (χ0v) is 11.5. The summed E-state index contributed by atoms with van der Waals surface area (Å²) < 4.78 is 0.944. The molecular formula is C12H9BrN2OS. The molecular weight excluding hydrogens is 300 g/mol. The fraction of sp³-hybridized carbons (Fsp3) is 0.0833. The fourth-order valence-electron chi connectivity index (χ4n) is 1.32. The van der Waals surface area contributed by atoms with Gasteiger partial charge in [-0.2, -0.15) is 0 Å². The number of halogens is 1. The van der Waals surface area contributed by atoms with E-state index in [9.17, 15) is 4.79 Å². The van der Waals surface area contributed by atoms with Crippen LogP contribution in [0.2, 0.25) is 0 Å². The molecule has 3 nitrogen and oxygen atoms in total. The van der Waals surface area contributed by atoms with Crippen LogP contribution < -0.4 is 0 Å². The van der Waals surface area contributed by atoms with Gasteiger partial charge in [0, 0.05) is 21.1 Å². The fourth-order valence-corrected chi connectivity index (χ4v) is 2.80. The molecule has 17 heavy (non-hydrogen) atoms. The van der Waals surface area contributed by atoms with Crippen molar-refractivity contribution in [2.75, 3.05) is 0 Å². The summed E-state index contributed by atoms with van der Waals surface area (Å²) in [6, 6.07) is 7.41. The van der Waals surface area contributed by atoms with Gasteiger partial charge in [-0.05, 0) is 31.2 Å². The van der Waals surface area contributed by atoms with E-state index in [1.165, 1.54) is 18.1 Å². The summed E-state index contributed by atoms with van der Waals surface area (Å²) in [5.74, 6) is 0.0501. The number of Topliss-reactive ketones (excluding diaryl/α,β-unsaturated/α-hetero) is 1. The van der Waals surface area contributed by atoms with E-state index in [1.54, 1.807) is 13.1 Å². The Balaban J connectivity index is 2.37. The molecule has 0 N–H and O–H groups in total. The zero-order chi connectivity index (χ0) is 12.3. The molecule has 2 rings (SSSR count). The van der Waals surface area contributed by atoms with E-state index < -0.39 is 0 Å². The summed E-state index contributed by atoms with van der Waals surface area (Å²) in [7, 11) is 0. The lowest BCUT2D eigenvalue weighted by Crippen LogP contribution is -1.95. The third-order valence-electron chi connectivity index (χ3n) is 2.09. The largest absolute Gasteiger partial charge is 0.294 e. The Morgan fingerprint density at radius 2 is 2.18 bits per heavy atom. The topological polar surface area (TPSA) is 42.9 Å². The number of carbonyl (C=O) groups is 1. The van der Waals surface area contributed by atoms with Crippen molar-refractivity contribution in [3.05, 3.63) is 46.8 Å². The average Bonchev–Trinajstić information content (AvgIpc) is 2.30. The predicted molar refractivity (Wildman–Crippen MR) is 70.3 cm³/mol. The maximum Gasteiger partial charge on any atom is 0.160 e. The SMILES string of the molecule is CC(=O)c1ccc(Br)cc1Sc1ccncn1. The molecule has 0 amide bonds. The van der Waals surface area contributed by atoms with Crippen molar-refractivity contribution < 1.29 is 4.79 Å². The maximum absolute atomic E-state index is 11.5. The molecule has 0 aliphatic rings. The van der Waals surface area contributed by atoms with Gasteiger partial charge in [-0.1, -0.05) is 27.7 Å². The van der Waals surface area contributed by atoms with Crippen LogP contribution in [-0.4, -0.2) is 15.8 Å². The van der Waals surface area contributed by atoms with E-state index in [-0.39, 0.29) is 5.78 Å². The van der Waals surface area contributed by atoms with Crippen LogP contribution in [0.5, 0.6) is 0 Å². The number of hydrogen-bond donors (Lipinski definition) is 0. The van der Waals surface area contributed by atoms with Crippen LogP contribution in [0.1, 0.15) is 17.3 Å². The molecule has 5 heteroatoms. The van der Waals surface area contributed by atoms with E-state index in [1.807, 2.05) is 24.3 Å². The Labute approximate surface area is 112 Å². The van der Waals surface area contributed by atoms with Crippen molar-refractivity contribution in [3.63, 3.8) is 0 Å². The van der Waals surface area contributed by atoms with Crippen molar-refractivity contribution in [1.82, 2.24) is 9.97 Å². The molecule has 86 valence electrons. The highest BCUT2D eigenvalue weighted by Crippen LogP contribution is 2.31. The van der Waals surface area contributed by atoms with E-state index in [4.69, 9.17) is 0 Å². The summed E-state index contributed by atoms with van der Waals surface area (Å²) in [5, 5.41) is 0.820. The number of hydrogen-bond acceptors (Lipinski definition) is 4. The molecule has 0 aliphatic carbocycles. The molecule has 1 aromatic heterocycles. The highest BCUT2D eigenvalue weighted by atomic mass is 79.9. The highest BCUT2D eigenvalue weighted by molar-refractivity contribution is 9.10. The molecule has 0 bridgehead atoms. The second kappa shape index (κ2) is 5.42. The van der Waals surface area contributed by atoms with Gasteiger partial charge in [-0.3, -0.25) is 4.79 Å². The first-order chi connectivity index (χ1) is 8.16. The van der Waals surface area contributed by atoms with Crippen LogP contribution in [0.3, 0.4) is 0 Å². The smallest absolute Gasteiger partial charge is 0.160 e. The molecule has 1 aromatic carbocycles. The maximum atomic E-state index is 11.5. The second-order valence-electron chi connectivity index (χ2n) is 3.35. The molecule has 0 atom stereocenters. The van der Waals surface area contributed by atoms with Gasteiger partial charge >= 0.3 is 0 Å². The van der Waals surface area contributed by atoms with Gasteiger partial charge < -0.3 is 0 Å². The first kappa shape index (κ1) is 12.3. The molecule has 2 aromatic rings. The van der Waals surface area contributed by atoms with Crippen LogP contribution in [-0.2, 0) is 0 Å². The van der Waals surface area contributed by atoms with Gasteiger partial charge in [-0.15, -0.1) is 0 Å². The van der Waals surface area contributed by atoms with Gasteiger partial charge in [0.05, 0.1) is 0 Å². The second-order valence-corrected chi connectivity index (χ2v) is 5.32. The Morgan fingerprint density at radius 1 is 1.35 bits per heavy atom. The minimum atomic E-state index is 0.0501. The minimum absolute atomic E-state index is 0.0501. The third kappa shape index (κ3) is 3.14. The number of rotatable bonds is 3. The molecule has 0 saturated carbocycles. The summed E-state index contributed by atoms with van der Waals surface area (Å²) in [6.45, 7) is 1.56.